The van der Waals surface area contributed by atoms with Gasteiger partial charge >= 0.3 is 12.1 Å². The first-order valence-corrected chi connectivity index (χ1v) is 14.7. The fourth-order valence-electron chi connectivity index (χ4n) is 5.40. The van der Waals surface area contributed by atoms with Crippen molar-refractivity contribution in [1.29, 1.82) is 0 Å². The summed E-state index contributed by atoms with van der Waals surface area (Å²) in [5.74, 6) is -3.73. The van der Waals surface area contributed by atoms with Gasteiger partial charge in [-0.3, -0.25) is 23.9 Å². The van der Waals surface area contributed by atoms with Gasteiger partial charge in [-0.2, -0.15) is 18.3 Å². The molecule has 240 valence electrons. The summed E-state index contributed by atoms with van der Waals surface area (Å²) in [7, 11) is 0. The minimum absolute atomic E-state index is 0.0516. The predicted molar refractivity (Wildman–Crippen MR) is 151 cm³/mol. The largest absolute Gasteiger partial charge is 0.466 e. The van der Waals surface area contributed by atoms with Crippen molar-refractivity contribution >= 4 is 29.4 Å². The second kappa shape index (κ2) is 13.8. The van der Waals surface area contributed by atoms with Crippen LogP contribution in [-0.4, -0.2) is 58.3 Å². The van der Waals surface area contributed by atoms with Crippen molar-refractivity contribution in [2.45, 2.75) is 83.6 Å². The van der Waals surface area contributed by atoms with Crippen LogP contribution in [0.3, 0.4) is 0 Å². The minimum Gasteiger partial charge on any atom is -0.466 e. The van der Waals surface area contributed by atoms with Crippen LogP contribution in [-0.2, 0) is 25.5 Å². The summed E-state index contributed by atoms with van der Waals surface area (Å²) in [5.41, 5.74) is 0.147. The van der Waals surface area contributed by atoms with Crippen LogP contribution >= 0.6 is 0 Å². The van der Waals surface area contributed by atoms with Crippen molar-refractivity contribution in [2.24, 2.45) is 17.8 Å². The third kappa shape index (κ3) is 8.56. The van der Waals surface area contributed by atoms with Gasteiger partial charge in [-0.15, -0.1) is 0 Å². The molecule has 0 aliphatic heterocycles. The third-order valence-electron chi connectivity index (χ3n) is 7.74. The number of carbonyl (C=O) groups is 4. The highest BCUT2D eigenvalue weighted by Crippen LogP contribution is 2.51. The second-order valence-electron chi connectivity index (χ2n) is 11.6. The molecule has 10 nitrogen and oxygen atoms in total. The Morgan fingerprint density at radius 3 is 2.25 bits per heavy atom. The maximum absolute atomic E-state index is 15.1. The van der Waals surface area contributed by atoms with E-state index in [-0.39, 0.29) is 41.7 Å². The Bertz CT molecular complexity index is 1360. The number of amides is 3. The zero-order valence-electron chi connectivity index (χ0n) is 24.7. The normalized spacial score (nSPS) is 16.4. The van der Waals surface area contributed by atoms with Crippen molar-refractivity contribution in [3.8, 4) is 0 Å². The molecule has 0 radical (unpaired) electrons. The first-order chi connectivity index (χ1) is 20.8. The van der Waals surface area contributed by atoms with Crippen LogP contribution in [0.2, 0.25) is 0 Å². The molecule has 2 aliphatic rings. The van der Waals surface area contributed by atoms with Crippen molar-refractivity contribution < 1.29 is 41.5 Å². The Kier molecular flexibility index (Phi) is 10.3. The van der Waals surface area contributed by atoms with Crippen LogP contribution in [0.5, 0.6) is 0 Å². The van der Waals surface area contributed by atoms with E-state index in [9.17, 15) is 32.3 Å². The number of aromatic nitrogens is 2. The SMILES string of the molecule is CCOC(=O)CC(NC(=O)Cc1ccc(NC(=O)C(NC(=O)c2ccnn2C(C)C)C(C2CC2)C2CC2)c(F)c1)C(F)(F)F. The number of hydrogen-bond donors (Lipinski definition) is 3. The number of rotatable bonds is 14. The zero-order valence-corrected chi connectivity index (χ0v) is 24.7. The number of hydrogen-bond acceptors (Lipinski definition) is 6. The number of nitrogens with zero attached hydrogens (tertiary/aromatic N) is 2. The van der Waals surface area contributed by atoms with Crippen molar-refractivity contribution in [1.82, 2.24) is 20.4 Å². The minimum atomic E-state index is -4.90. The Hall–Kier alpha value is -3.97. The van der Waals surface area contributed by atoms with E-state index in [1.165, 1.54) is 25.3 Å². The van der Waals surface area contributed by atoms with Gasteiger partial charge in [0.05, 0.1) is 25.1 Å². The molecule has 4 rings (SSSR count). The molecule has 0 bridgehead atoms. The standard InChI is InChI=1S/C30H37F4N5O5/c1-4-44-25(41)15-23(30(32,33)34)37-24(40)14-17-5-10-21(20(31)13-17)36-29(43)27(26(18-6-7-18)19-8-9-19)38-28(42)22-11-12-35-39(22)16(2)3/h5,10-13,16,18-19,23,26-27H,4,6-9,14-15H2,1-3H3,(H,36,43)(H,37,40)(H,38,42). The smallest absolute Gasteiger partial charge is 0.409 e. The summed E-state index contributed by atoms with van der Waals surface area (Å²) < 4.78 is 61.3. The first kappa shape index (κ1) is 32.9. The van der Waals surface area contributed by atoms with Crippen LogP contribution in [0.4, 0.5) is 23.2 Å². The molecular weight excluding hydrogens is 586 g/mol. The Balaban J connectivity index is 1.45. The fraction of sp³-hybridized carbons (Fsp3) is 0.567. The summed E-state index contributed by atoms with van der Waals surface area (Å²) >= 11 is 0. The average Bonchev–Trinajstić information content (AvgIpc) is 3.88. The lowest BCUT2D eigenvalue weighted by Gasteiger charge is -2.28. The fourth-order valence-corrected chi connectivity index (χ4v) is 5.40. The number of alkyl halides is 3. The molecule has 2 atom stereocenters. The lowest BCUT2D eigenvalue weighted by atomic mass is 9.88. The van der Waals surface area contributed by atoms with Gasteiger partial charge in [-0.25, -0.2) is 4.39 Å². The van der Waals surface area contributed by atoms with Crippen LogP contribution in [0.1, 0.15) is 75.0 Å². The Labute approximate surface area is 252 Å². The molecule has 2 unspecified atom stereocenters. The number of anilines is 1. The van der Waals surface area contributed by atoms with Gasteiger partial charge in [0.15, 0.2) is 0 Å². The molecule has 0 saturated heterocycles. The Morgan fingerprint density at radius 1 is 1.05 bits per heavy atom. The lowest BCUT2D eigenvalue weighted by molar-refractivity contribution is -0.172. The van der Waals surface area contributed by atoms with Gasteiger partial charge in [0, 0.05) is 12.2 Å². The van der Waals surface area contributed by atoms with E-state index in [1.807, 2.05) is 13.8 Å². The van der Waals surface area contributed by atoms with Crippen molar-refractivity contribution in [2.75, 3.05) is 11.9 Å². The van der Waals surface area contributed by atoms with Gasteiger partial charge in [-0.05, 0) is 88.0 Å². The van der Waals surface area contributed by atoms with Gasteiger partial charge in [0.25, 0.3) is 5.91 Å². The molecule has 1 aromatic heterocycles. The molecule has 2 fully saturated rings. The number of ether oxygens (including phenoxy) is 1. The number of carbonyl (C=O) groups excluding carboxylic acids is 4. The molecule has 44 heavy (non-hydrogen) atoms. The monoisotopic (exact) mass is 623 g/mol. The summed E-state index contributed by atoms with van der Waals surface area (Å²) in [6.45, 7) is 5.08. The molecular formula is C30H37F4N5O5. The zero-order chi connectivity index (χ0) is 32.2. The van der Waals surface area contributed by atoms with Gasteiger partial charge in [-0.1, -0.05) is 6.07 Å². The van der Waals surface area contributed by atoms with Crippen LogP contribution < -0.4 is 16.0 Å². The highest BCUT2D eigenvalue weighted by atomic mass is 19.4. The van der Waals surface area contributed by atoms with Gasteiger partial charge < -0.3 is 20.7 Å². The van der Waals surface area contributed by atoms with E-state index in [2.05, 4.69) is 20.5 Å². The maximum atomic E-state index is 15.1. The number of nitrogens with one attached hydrogen (secondary N) is 3. The van der Waals surface area contributed by atoms with Crippen molar-refractivity contribution in [3.63, 3.8) is 0 Å². The van der Waals surface area contributed by atoms with Gasteiger partial charge in [0.1, 0.15) is 23.6 Å². The highest BCUT2D eigenvalue weighted by Gasteiger charge is 2.48. The molecule has 1 heterocycles. The van der Waals surface area contributed by atoms with Crippen LogP contribution in [0, 0.1) is 23.6 Å². The summed E-state index contributed by atoms with van der Waals surface area (Å²) in [5, 5.41) is 11.4. The summed E-state index contributed by atoms with van der Waals surface area (Å²) in [6, 6.07) is 1.54. The third-order valence-corrected chi connectivity index (χ3v) is 7.74. The molecule has 3 amide bonds. The predicted octanol–water partition coefficient (Wildman–Crippen LogP) is 4.32. The molecule has 2 saturated carbocycles. The van der Waals surface area contributed by atoms with Crippen molar-refractivity contribution in [3.05, 3.63) is 47.5 Å². The number of esters is 1. The second-order valence-corrected chi connectivity index (χ2v) is 11.6. The van der Waals surface area contributed by atoms with E-state index in [0.29, 0.717) is 5.69 Å². The molecule has 0 spiro atoms. The number of benzene rings is 1. The first-order valence-electron chi connectivity index (χ1n) is 14.7. The highest BCUT2D eigenvalue weighted by molar-refractivity contribution is 6.01. The molecule has 2 aromatic rings. The topological polar surface area (TPSA) is 131 Å². The van der Waals surface area contributed by atoms with E-state index in [1.54, 1.807) is 16.1 Å². The quantitative estimate of drug-likeness (QED) is 0.212. The maximum Gasteiger partial charge on any atom is 0.409 e. The van der Waals surface area contributed by atoms with E-state index in [0.717, 1.165) is 31.7 Å². The molecule has 1 aromatic carbocycles. The van der Waals surface area contributed by atoms with Gasteiger partial charge in [0.2, 0.25) is 11.8 Å². The summed E-state index contributed by atoms with van der Waals surface area (Å²) in [4.78, 5) is 50.8. The molecule has 3 N–H and O–H groups in total. The van der Waals surface area contributed by atoms with E-state index in [4.69, 9.17) is 0 Å². The van der Waals surface area contributed by atoms with E-state index < -0.39 is 60.6 Å². The van der Waals surface area contributed by atoms with Crippen LogP contribution in [0.15, 0.2) is 30.5 Å². The number of halogens is 4. The van der Waals surface area contributed by atoms with E-state index >= 15 is 4.39 Å². The average molecular weight is 624 g/mol. The Morgan fingerprint density at radius 2 is 1.70 bits per heavy atom. The summed E-state index contributed by atoms with van der Waals surface area (Å²) in [6.07, 6.45) is -1.35. The lowest BCUT2D eigenvalue weighted by Crippen LogP contribution is -2.50. The molecule has 2 aliphatic carbocycles. The van der Waals surface area contributed by atoms with Crippen LogP contribution in [0.25, 0.3) is 0 Å². The molecule has 14 heteroatoms.